The molecule has 1 N–H and O–H groups in total. The fourth-order valence-electron chi connectivity index (χ4n) is 2.53. The number of phenolic OH excluding ortho intramolecular Hbond substituents is 1. The molecule has 28 heavy (non-hydrogen) atoms. The van der Waals surface area contributed by atoms with Gasteiger partial charge in [-0.15, -0.1) is 11.3 Å². The zero-order valence-corrected chi connectivity index (χ0v) is 15.8. The zero-order valence-electron chi connectivity index (χ0n) is 15.0. The maximum atomic E-state index is 12.2. The van der Waals surface area contributed by atoms with Crippen LogP contribution in [0, 0.1) is 18.3 Å². The Morgan fingerprint density at radius 2 is 1.75 bits per heavy atom. The Bertz CT molecular complexity index is 1030. The van der Waals surface area contributed by atoms with Crippen LogP contribution in [0.2, 0.25) is 0 Å². The van der Waals surface area contributed by atoms with E-state index >= 15 is 0 Å². The molecule has 0 bridgehead atoms. The Kier molecular flexibility index (Phi) is 5.82. The molecule has 0 unspecified atom stereocenters. The second kappa shape index (κ2) is 8.46. The number of aromatic nitrogens is 1. The molecular weight excluding hydrogens is 376 g/mol. The van der Waals surface area contributed by atoms with Gasteiger partial charge in [-0.1, -0.05) is 24.3 Å². The third-order valence-corrected chi connectivity index (χ3v) is 5.03. The summed E-state index contributed by atoms with van der Waals surface area (Å²) in [6, 6.07) is 15.3. The second-order valence-corrected chi connectivity index (χ2v) is 6.95. The predicted molar refractivity (Wildman–Crippen MR) is 104 cm³/mol. The fraction of sp³-hybridized carbons (Fsp3) is 0.143. The monoisotopic (exact) mass is 392 g/mol. The zero-order chi connectivity index (χ0) is 20.1. The van der Waals surface area contributed by atoms with Crippen LogP contribution >= 0.6 is 11.3 Å². The number of carbonyl (C=O) groups excluding carboxylic acids is 2. The summed E-state index contributed by atoms with van der Waals surface area (Å²) in [5.41, 5.74) is 2.80. The number of phenols is 1. The van der Waals surface area contributed by atoms with E-state index in [1.165, 1.54) is 11.3 Å². The highest BCUT2D eigenvalue weighted by Crippen LogP contribution is 2.23. The first-order chi connectivity index (χ1) is 13.5. The van der Waals surface area contributed by atoms with Gasteiger partial charge >= 0.3 is 5.97 Å². The number of rotatable bonds is 6. The lowest BCUT2D eigenvalue weighted by Gasteiger charge is -2.08. The van der Waals surface area contributed by atoms with Gasteiger partial charge in [0.25, 0.3) is 0 Å². The summed E-state index contributed by atoms with van der Waals surface area (Å²) < 4.78 is 5.07. The van der Waals surface area contributed by atoms with Crippen LogP contribution in [0.1, 0.15) is 27.0 Å². The van der Waals surface area contributed by atoms with Gasteiger partial charge in [0, 0.05) is 11.1 Å². The fourth-order valence-corrected chi connectivity index (χ4v) is 3.39. The van der Waals surface area contributed by atoms with Crippen LogP contribution < -0.4 is 0 Å². The molecule has 0 amide bonds. The Balaban J connectivity index is 1.62. The maximum Gasteiger partial charge on any atom is 0.338 e. The second-order valence-electron chi connectivity index (χ2n) is 6.06. The number of hydrogen-bond donors (Lipinski definition) is 1. The van der Waals surface area contributed by atoms with Crippen molar-refractivity contribution in [2.75, 3.05) is 6.61 Å². The normalized spacial score (nSPS) is 11.4. The van der Waals surface area contributed by atoms with Gasteiger partial charge in [0.05, 0.1) is 11.6 Å². The van der Waals surface area contributed by atoms with E-state index in [0.29, 0.717) is 10.6 Å². The summed E-state index contributed by atoms with van der Waals surface area (Å²) in [5.74, 6) is -2.01. The van der Waals surface area contributed by atoms with Crippen molar-refractivity contribution in [3.8, 4) is 22.9 Å². The van der Waals surface area contributed by atoms with Crippen LogP contribution in [0.15, 0.2) is 53.9 Å². The molecule has 0 aliphatic carbocycles. The molecule has 0 saturated heterocycles. The van der Waals surface area contributed by atoms with Gasteiger partial charge < -0.3 is 9.84 Å². The van der Waals surface area contributed by atoms with Crippen LogP contribution in [-0.4, -0.2) is 28.4 Å². The number of nitrogens with zero attached hydrogens (tertiary/aromatic N) is 2. The van der Waals surface area contributed by atoms with E-state index in [2.05, 4.69) is 4.98 Å². The SMILES string of the molecule is Cc1csc([C@@H](C#N)C(=O)COC(=O)c2ccc(-c3ccc(O)cc3)cc2)n1. The van der Waals surface area contributed by atoms with Crippen LogP contribution in [0.3, 0.4) is 0 Å². The minimum Gasteiger partial charge on any atom is -0.508 e. The standard InChI is InChI=1S/C21H16N2O4S/c1-13-12-28-20(23-13)18(10-22)19(25)11-27-21(26)16-4-2-14(3-5-16)15-6-8-17(24)9-7-15/h2-9,12,18,24H,11H2,1H3/t18-/m0/s1. The number of hydrogen-bond acceptors (Lipinski definition) is 7. The van der Waals surface area contributed by atoms with Gasteiger partial charge in [-0.25, -0.2) is 9.78 Å². The Labute approximate surface area is 165 Å². The van der Waals surface area contributed by atoms with Crippen LogP contribution in [-0.2, 0) is 9.53 Å². The van der Waals surface area contributed by atoms with E-state index in [9.17, 15) is 20.0 Å². The van der Waals surface area contributed by atoms with Crippen molar-refractivity contribution < 1.29 is 19.4 Å². The Morgan fingerprint density at radius 1 is 1.14 bits per heavy atom. The largest absolute Gasteiger partial charge is 0.508 e. The molecule has 0 spiro atoms. The van der Waals surface area contributed by atoms with E-state index in [-0.39, 0.29) is 5.75 Å². The lowest BCUT2D eigenvalue weighted by Crippen LogP contribution is -2.19. The summed E-state index contributed by atoms with van der Waals surface area (Å²) in [6.45, 7) is 1.29. The van der Waals surface area contributed by atoms with Crippen molar-refractivity contribution >= 4 is 23.1 Å². The van der Waals surface area contributed by atoms with Crippen LogP contribution in [0.25, 0.3) is 11.1 Å². The summed E-state index contributed by atoms with van der Waals surface area (Å²) in [5, 5.41) is 20.7. The first-order valence-electron chi connectivity index (χ1n) is 8.39. The third-order valence-electron chi connectivity index (χ3n) is 4.00. The molecule has 0 saturated carbocycles. The quantitative estimate of drug-likeness (QED) is 0.640. The number of aromatic hydroxyl groups is 1. The van der Waals surface area contributed by atoms with Gasteiger partial charge in [-0.2, -0.15) is 5.26 Å². The molecule has 0 aliphatic rings. The number of aryl methyl sites for hydroxylation is 1. The summed E-state index contributed by atoms with van der Waals surface area (Å²) in [6.07, 6.45) is 0. The van der Waals surface area contributed by atoms with E-state index in [1.54, 1.807) is 60.8 Å². The molecule has 1 aromatic heterocycles. The number of nitriles is 1. The van der Waals surface area contributed by atoms with E-state index in [1.807, 2.05) is 6.07 Å². The first kappa shape index (κ1) is 19.3. The summed E-state index contributed by atoms with van der Waals surface area (Å²) in [4.78, 5) is 28.6. The van der Waals surface area contributed by atoms with Crippen molar-refractivity contribution in [1.29, 1.82) is 5.26 Å². The lowest BCUT2D eigenvalue weighted by atomic mass is 10.0. The first-order valence-corrected chi connectivity index (χ1v) is 9.27. The average molecular weight is 392 g/mol. The molecule has 2 aromatic carbocycles. The number of thiazole rings is 1. The van der Waals surface area contributed by atoms with Crippen molar-refractivity contribution in [2.24, 2.45) is 0 Å². The average Bonchev–Trinajstić information content (AvgIpc) is 3.13. The lowest BCUT2D eigenvalue weighted by molar-refractivity contribution is -0.122. The van der Waals surface area contributed by atoms with Gasteiger partial charge in [0.2, 0.25) is 0 Å². The molecule has 0 radical (unpaired) electrons. The highest BCUT2D eigenvalue weighted by Gasteiger charge is 2.24. The number of Topliss-reactive ketones (excluding diaryl/α,β-unsaturated/α-hetero) is 1. The summed E-state index contributed by atoms with van der Waals surface area (Å²) in [7, 11) is 0. The van der Waals surface area contributed by atoms with Crippen LogP contribution in [0.5, 0.6) is 5.75 Å². The van der Waals surface area contributed by atoms with E-state index in [0.717, 1.165) is 16.8 Å². The smallest absolute Gasteiger partial charge is 0.338 e. The summed E-state index contributed by atoms with van der Waals surface area (Å²) >= 11 is 1.23. The Hall–Kier alpha value is -3.50. The number of benzene rings is 2. The molecular formula is C21H16N2O4S. The van der Waals surface area contributed by atoms with Crippen LogP contribution in [0.4, 0.5) is 0 Å². The van der Waals surface area contributed by atoms with Gasteiger partial charge in [0.15, 0.2) is 18.3 Å². The molecule has 140 valence electrons. The predicted octanol–water partition coefficient (Wildman–Crippen LogP) is 3.86. The molecule has 0 aliphatic heterocycles. The van der Waals surface area contributed by atoms with Gasteiger partial charge in [0.1, 0.15) is 10.8 Å². The minimum absolute atomic E-state index is 0.178. The molecule has 3 rings (SSSR count). The number of esters is 1. The molecule has 1 atom stereocenters. The third kappa shape index (κ3) is 4.42. The van der Waals surface area contributed by atoms with E-state index < -0.39 is 24.3 Å². The highest BCUT2D eigenvalue weighted by molar-refractivity contribution is 7.09. The van der Waals surface area contributed by atoms with Crippen molar-refractivity contribution in [1.82, 2.24) is 4.98 Å². The number of ether oxygens (including phenoxy) is 1. The maximum absolute atomic E-state index is 12.2. The molecule has 1 heterocycles. The number of carbonyl (C=O) groups is 2. The Morgan fingerprint density at radius 3 is 2.29 bits per heavy atom. The van der Waals surface area contributed by atoms with E-state index in [4.69, 9.17) is 4.74 Å². The topological polar surface area (TPSA) is 100 Å². The molecule has 7 heteroatoms. The van der Waals surface area contributed by atoms with Crippen molar-refractivity contribution in [2.45, 2.75) is 12.8 Å². The molecule has 3 aromatic rings. The van der Waals surface area contributed by atoms with Gasteiger partial charge in [-0.05, 0) is 42.3 Å². The highest BCUT2D eigenvalue weighted by atomic mass is 32.1. The number of ketones is 1. The molecule has 0 fully saturated rings. The molecule has 6 nitrogen and oxygen atoms in total. The van der Waals surface area contributed by atoms with Gasteiger partial charge in [-0.3, -0.25) is 4.79 Å². The minimum atomic E-state index is -1.04. The van der Waals surface area contributed by atoms with Crippen molar-refractivity contribution in [3.05, 3.63) is 70.2 Å². The van der Waals surface area contributed by atoms with Crippen molar-refractivity contribution in [3.63, 3.8) is 0 Å².